The van der Waals surface area contributed by atoms with Crippen LogP contribution < -0.4 is 10.6 Å². The minimum Gasteiger partial charge on any atom is -0.368 e. The number of hydrogen-bond donors (Lipinski definition) is 1. The number of rotatable bonds is 2. The van der Waals surface area contributed by atoms with Crippen LogP contribution in [0.4, 0.5) is 11.8 Å². The molecular weight excluding hydrogens is 266 g/mol. The molecule has 7 heteroatoms. The molecule has 2 aromatic rings. The first-order valence-electron chi connectivity index (χ1n) is 6.13. The highest BCUT2D eigenvalue weighted by Gasteiger charge is 2.29. The highest BCUT2D eigenvalue weighted by Crippen LogP contribution is 2.35. The number of hydrogen-bond acceptors (Lipinski definition) is 6. The van der Waals surface area contributed by atoms with E-state index in [1.807, 2.05) is 13.0 Å². The molecule has 0 aromatic carbocycles. The van der Waals surface area contributed by atoms with Gasteiger partial charge < -0.3 is 15.2 Å². The number of nitrogens with zero attached hydrogens (tertiary/aromatic N) is 4. The molecule has 0 spiro atoms. The molecule has 0 amide bonds. The van der Waals surface area contributed by atoms with Crippen LogP contribution in [0.15, 0.2) is 16.7 Å². The monoisotopic (exact) mass is 279 g/mol. The van der Waals surface area contributed by atoms with E-state index in [2.05, 4.69) is 20.0 Å². The minimum absolute atomic E-state index is 0.155. The second-order valence-electron chi connectivity index (χ2n) is 4.62. The molecule has 0 aliphatic carbocycles. The standard InChI is InChI=1S/C12H14ClN5O/c1-7-5-8(17-19-7)9-3-2-4-18(9)11-6-10(13)15-12(14)16-11/h5-6,9H,2-4H2,1H3,(H2,14,15,16)/t9-/m1/s1. The summed E-state index contributed by atoms with van der Waals surface area (Å²) in [4.78, 5) is 10.3. The maximum Gasteiger partial charge on any atom is 0.223 e. The molecule has 1 aliphatic heterocycles. The number of halogens is 1. The van der Waals surface area contributed by atoms with E-state index >= 15 is 0 Å². The number of aromatic nitrogens is 3. The van der Waals surface area contributed by atoms with Crippen molar-refractivity contribution in [3.8, 4) is 0 Å². The third-order valence-electron chi connectivity index (χ3n) is 3.23. The summed E-state index contributed by atoms with van der Waals surface area (Å²) in [6.45, 7) is 2.78. The molecule has 6 nitrogen and oxygen atoms in total. The second-order valence-corrected chi connectivity index (χ2v) is 5.01. The van der Waals surface area contributed by atoms with Gasteiger partial charge in [0.2, 0.25) is 5.95 Å². The van der Waals surface area contributed by atoms with E-state index in [-0.39, 0.29) is 12.0 Å². The Balaban J connectivity index is 1.94. The van der Waals surface area contributed by atoms with Gasteiger partial charge in [-0.15, -0.1) is 0 Å². The van der Waals surface area contributed by atoms with E-state index in [1.54, 1.807) is 6.07 Å². The summed E-state index contributed by atoms with van der Waals surface area (Å²) >= 11 is 5.93. The Morgan fingerprint density at radius 3 is 2.95 bits per heavy atom. The van der Waals surface area contributed by atoms with Crippen molar-refractivity contribution in [3.63, 3.8) is 0 Å². The van der Waals surface area contributed by atoms with E-state index < -0.39 is 0 Å². The lowest BCUT2D eigenvalue weighted by atomic mass is 10.1. The fraction of sp³-hybridized carbons (Fsp3) is 0.417. The Morgan fingerprint density at radius 1 is 1.42 bits per heavy atom. The van der Waals surface area contributed by atoms with Gasteiger partial charge in [-0.2, -0.15) is 4.98 Å². The van der Waals surface area contributed by atoms with E-state index in [9.17, 15) is 0 Å². The molecule has 0 radical (unpaired) electrons. The zero-order chi connectivity index (χ0) is 13.4. The van der Waals surface area contributed by atoms with Gasteiger partial charge in [-0.25, -0.2) is 4.98 Å². The zero-order valence-electron chi connectivity index (χ0n) is 10.5. The van der Waals surface area contributed by atoms with Crippen LogP contribution in [-0.4, -0.2) is 21.7 Å². The van der Waals surface area contributed by atoms with Gasteiger partial charge >= 0.3 is 0 Å². The van der Waals surface area contributed by atoms with Crippen LogP contribution in [0.3, 0.4) is 0 Å². The van der Waals surface area contributed by atoms with Crippen molar-refractivity contribution >= 4 is 23.4 Å². The van der Waals surface area contributed by atoms with Crippen molar-refractivity contribution in [2.24, 2.45) is 0 Å². The van der Waals surface area contributed by atoms with Crippen molar-refractivity contribution in [2.45, 2.75) is 25.8 Å². The molecular formula is C12H14ClN5O. The summed E-state index contributed by atoms with van der Waals surface area (Å²) in [6, 6.07) is 3.83. The van der Waals surface area contributed by atoms with Gasteiger partial charge in [0.15, 0.2) is 0 Å². The Kier molecular flexibility index (Phi) is 3.02. The van der Waals surface area contributed by atoms with Crippen LogP contribution in [0.2, 0.25) is 5.15 Å². The maximum absolute atomic E-state index is 5.93. The quantitative estimate of drug-likeness (QED) is 0.850. The highest BCUT2D eigenvalue weighted by atomic mass is 35.5. The normalized spacial score (nSPS) is 19.1. The SMILES string of the molecule is Cc1cc([C@H]2CCCN2c2cc(Cl)nc(N)n2)no1. The summed E-state index contributed by atoms with van der Waals surface area (Å²) in [7, 11) is 0. The van der Waals surface area contributed by atoms with E-state index in [0.717, 1.165) is 36.7 Å². The molecule has 2 aromatic heterocycles. The van der Waals surface area contributed by atoms with Crippen molar-refractivity contribution < 1.29 is 4.52 Å². The first kappa shape index (κ1) is 12.2. The van der Waals surface area contributed by atoms with Crippen LogP contribution >= 0.6 is 11.6 Å². The molecule has 0 bridgehead atoms. The fourth-order valence-corrected chi connectivity index (χ4v) is 2.65. The van der Waals surface area contributed by atoms with Crippen molar-refractivity contribution in [2.75, 3.05) is 17.2 Å². The molecule has 2 N–H and O–H groups in total. The number of nitrogen functional groups attached to an aromatic ring is 1. The first-order chi connectivity index (χ1) is 9.13. The fourth-order valence-electron chi connectivity index (χ4n) is 2.46. The summed E-state index contributed by atoms with van der Waals surface area (Å²) < 4.78 is 5.15. The van der Waals surface area contributed by atoms with Crippen molar-refractivity contribution in [1.82, 2.24) is 15.1 Å². The summed E-state index contributed by atoms with van der Waals surface area (Å²) in [5.74, 6) is 1.73. The molecule has 1 saturated heterocycles. The van der Waals surface area contributed by atoms with Gasteiger partial charge in [0.25, 0.3) is 0 Å². The third kappa shape index (κ3) is 2.35. The zero-order valence-corrected chi connectivity index (χ0v) is 11.3. The van der Waals surface area contributed by atoms with Crippen LogP contribution in [0.25, 0.3) is 0 Å². The lowest BCUT2D eigenvalue weighted by Crippen LogP contribution is -2.24. The molecule has 1 fully saturated rings. The average Bonchev–Trinajstić information content (AvgIpc) is 2.95. The lowest BCUT2D eigenvalue weighted by molar-refractivity contribution is 0.385. The van der Waals surface area contributed by atoms with Gasteiger partial charge in [-0.3, -0.25) is 0 Å². The van der Waals surface area contributed by atoms with Gasteiger partial charge in [-0.05, 0) is 19.8 Å². The van der Waals surface area contributed by atoms with Crippen LogP contribution in [0.1, 0.15) is 30.3 Å². The second kappa shape index (κ2) is 4.70. The van der Waals surface area contributed by atoms with Crippen LogP contribution in [0.5, 0.6) is 0 Å². The lowest BCUT2D eigenvalue weighted by Gasteiger charge is -2.24. The maximum atomic E-state index is 5.93. The third-order valence-corrected chi connectivity index (χ3v) is 3.43. The topological polar surface area (TPSA) is 81.1 Å². The smallest absolute Gasteiger partial charge is 0.223 e. The molecule has 3 heterocycles. The van der Waals surface area contributed by atoms with Crippen molar-refractivity contribution in [3.05, 3.63) is 28.7 Å². The van der Waals surface area contributed by atoms with Gasteiger partial charge in [0.05, 0.1) is 6.04 Å². The molecule has 0 unspecified atom stereocenters. The predicted octanol–water partition coefficient (Wildman–Crippen LogP) is 2.35. The molecule has 1 aliphatic rings. The summed E-state index contributed by atoms with van der Waals surface area (Å²) in [5, 5.41) is 4.45. The predicted molar refractivity (Wildman–Crippen MR) is 72.0 cm³/mol. The van der Waals surface area contributed by atoms with Crippen LogP contribution in [0, 0.1) is 6.92 Å². The summed E-state index contributed by atoms with van der Waals surface area (Å²) in [5.41, 5.74) is 6.57. The largest absolute Gasteiger partial charge is 0.368 e. The van der Waals surface area contributed by atoms with Crippen LogP contribution in [-0.2, 0) is 0 Å². The molecule has 100 valence electrons. The first-order valence-corrected chi connectivity index (χ1v) is 6.51. The Labute approximate surface area is 115 Å². The molecule has 1 atom stereocenters. The van der Waals surface area contributed by atoms with E-state index in [0.29, 0.717) is 5.15 Å². The van der Waals surface area contributed by atoms with Gasteiger partial charge in [0, 0.05) is 18.7 Å². The number of nitrogens with two attached hydrogens (primary N) is 1. The Morgan fingerprint density at radius 2 is 2.26 bits per heavy atom. The number of anilines is 2. The van der Waals surface area contributed by atoms with E-state index in [4.69, 9.17) is 21.9 Å². The Bertz CT molecular complexity index is 579. The van der Waals surface area contributed by atoms with Crippen molar-refractivity contribution in [1.29, 1.82) is 0 Å². The minimum atomic E-state index is 0.155. The van der Waals surface area contributed by atoms with Gasteiger partial charge in [0.1, 0.15) is 22.4 Å². The average molecular weight is 280 g/mol. The van der Waals surface area contributed by atoms with E-state index in [1.165, 1.54) is 0 Å². The van der Waals surface area contributed by atoms with Gasteiger partial charge in [-0.1, -0.05) is 16.8 Å². The molecule has 19 heavy (non-hydrogen) atoms. The Hall–Kier alpha value is -1.82. The summed E-state index contributed by atoms with van der Waals surface area (Å²) in [6.07, 6.45) is 2.08. The molecule has 3 rings (SSSR count). The highest BCUT2D eigenvalue weighted by molar-refractivity contribution is 6.29. The molecule has 0 saturated carbocycles. The number of aryl methyl sites for hydroxylation is 1.